The van der Waals surface area contributed by atoms with Crippen LogP contribution < -0.4 is 10.1 Å². The average molecular weight is 344 g/mol. The highest BCUT2D eigenvalue weighted by atomic mass is 19.4. The van der Waals surface area contributed by atoms with Gasteiger partial charge in [0, 0.05) is 25.2 Å². The third kappa shape index (κ3) is 3.62. The number of methoxy groups -OCH3 is 1. The molecule has 1 aromatic carbocycles. The molecule has 0 radical (unpaired) electrons. The van der Waals surface area contributed by atoms with Crippen LogP contribution in [0.2, 0.25) is 0 Å². The number of carbonyl (C=O) groups is 1. The normalized spacial score (nSPS) is 11.2. The van der Waals surface area contributed by atoms with Gasteiger partial charge in [0.2, 0.25) is 0 Å². The van der Waals surface area contributed by atoms with Gasteiger partial charge in [-0.1, -0.05) is 0 Å². The lowest BCUT2D eigenvalue weighted by Crippen LogP contribution is -2.16. The van der Waals surface area contributed by atoms with Crippen molar-refractivity contribution in [1.29, 1.82) is 0 Å². The number of halogens is 3. The Hall–Kier alpha value is -3.11. The van der Waals surface area contributed by atoms with E-state index < -0.39 is 22.7 Å². The zero-order chi connectivity index (χ0) is 18.1. The largest absolute Gasteiger partial charge is 0.496 e. The summed E-state index contributed by atoms with van der Waals surface area (Å²) >= 11 is 0. The molecule has 11 heteroatoms. The van der Waals surface area contributed by atoms with Gasteiger partial charge in [-0.2, -0.15) is 18.3 Å². The maximum absolute atomic E-state index is 12.6. The zero-order valence-electron chi connectivity index (χ0n) is 12.4. The van der Waals surface area contributed by atoms with Crippen LogP contribution in [-0.4, -0.2) is 27.7 Å². The summed E-state index contributed by atoms with van der Waals surface area (Å²) in [7, 11) is 2.46. The number of ether oxygens (including phenoxy) is 1. The first-order chi connectivity index (χ1) is 11.1. The standard InChI is InChI=1S/C13H11F3N4O4/c1-19-10(6-11(18-19)13(14,15)16)12(21)17-7-3-8(20(22)23)5-9(4-7)24-2/h3-6H,1-2H3,(H,17,21). The third-order valence-corrected chi connectivity index (χ3v) is 3.00. The highest BCUT2D eigenvalue weighted by Gasteiger charge is 2.35. The number of nitrogens with one attached hydrogen (secondary N) is 1. The predicted octanol–water partition coefficient (Wildman–Crippen LogP) is 2.61. The molecule has 0 fully saturated rings. The number of aromatic nitrogens is 2. The molecule has 0 atom stereocenters. The van der Waals surface area contributed by atoms with E-state index in [1.807, 2.05) is 0 Å². The minimum atomic E-state index is -4.69. The molecule has 1 amide bonds. The molecule has 0 aliphatic heterocycles. The van der Waals surface area contributed by atoms with Gasteiger partial charge in [-0.05, 0) is 0 Å². The van der Waals surface area contributed by atoms with Crippen molar-refractivity contribution in [3.05, 3.63) is 45.8 Å². The van der Waals surface area contributed by atoms with E-state index in [0.717, 1.165) is 16.8 Å². The Bertz CT molecular complexity index is 801. The minimum absolute atomic E-state index is 0.000749. The van der Waals surface area contributed by atoms with Crippen LogP contribution in [0.1, 0.15) is 16.2 Å². The Balaban J connectivity index is 2.32. The molecule has 0 saturated heterocycles. The van der Waals surface area contributed by atoms with Gasteiger partial charge in [-0.3, -0.25) is 19.6 Å². The van der Waals surface area contributed by atoms with E-state index in [1.165, 1.54) is 20.2 Å². The van der Waals surface area contributed by atoms with Gasteiger partial charge in [0.1, 0.15) is 11.4 Å². The second-order valence-electron chi connectivity index (χ2n) is 4.67. The van der Waals surface area contributed by atoms with E-state index in [2.05, 4.69) is 10.4 Å². The van der Waals surface area contributed by atoms with Crippen LogP contribution in [0.5, 0.6) is 5.75 Å². The second kappa shape index (κ2) is 6.18. The molecule has 2 rings (SSSR count). The van der Waals surface area contributed by atoms with Crippen molar-refractivity contribution in [3.8, 4) is 5.75 Å². The summed E-state index contributed by atoms with van der Waals surface area (Å²) in [4.78, 5) is 22.3. The summed E-state index contributed by atoms with van der Waals surface area (Å²) in [5, 5.41) is 16.3. The summed E-state index contributed by atoms with van der Waals surface area (Å²) < 4.78 is 43.5. The van der Waals surface area contributed by atoms with Gasteiger partial charge >= 0.3 is 6.18 Å². The topological polar surface area (TPSA) is 99.3 Å². The predicted molar refractivity (Wildman–Crippen MR) is 75.8 cm³/mol. The third-order valence-electron chi connectivity index (χ3n) is 3.00. The first kappa shape index (κ1) is 17.2. The van der Waals surface area contributed by atoms with E-state index in [4.69, 9.17) is 4.74 Å². The number of anilines is 1. The molecule has 0 spiro atoms. The molecule has 1 aromatic heterocycles. The first-order valence-electron chi connectivity index (χ1n) is 6.38. The number of rotatable bonds is 4. The van der Waals surface area contributed by atoms with Crippen molar-refractivity contribution in [2.24, 2.45) is 7.05 Å². The summed E-state index contributed by atoms with van der Waals surface area (Å²) in [5.41, 5.74) is -1.91. The Kier molecular flexibility index (Phi) is 4.44. The van der Waals surface area contributed by atoms with E-state index in [0.29, 0.717) is 6.07 Å². The van der Waals surface area contributed by atoms with Crippen LogP contribution >= 0.6 is 0 Å². The van der Waals surface area contributed by atoms with Crippen LogP contribution in [0.3, 0.4) is 0 Å². The van der Waals surface area contributed by atoms with E-state index in [-0.39, 0.29) is 22.8 Å². The van der Waals surface area contributed by atoms with Crippen molar-refractivity contribution in [1.82, 2.24) is 9.78 Å². The monoisotopic (exact) mass is 344 g/mol. The van der Waals surface area contributed by atoms with Gasteiger partial charge in [0.25, 0.3) is 11.6 Å². The van der Waals surface area contributed by atoms with Crippen molar-refractivity contribution < 1.29 is 27.6 Å². The molecule has 0 saturated carbocycles. The summed E-state index contributed by atoms with van der Waals surface area (Å²) in [5.74, 6) is -0.788. The summed E-state index contributed by atoms with van der Waals surface area (Å²) in [6, 6.07) is 4.08. The number of amides is 1. The average Bonchev–Trinajstić information content (AvgIpc) is 2.89. The molecule has 24 heavy (non-hydrogen) atoms. The van der Waals surface area contributed by atoms with Crippen molar-refractivity contribution in [3.63, 3.8) is 0 Å². The van der Waals surface area contributed by atoms with Crippen LogP contribution in [0.15, 0.2) is 24.3 Å². The second-order valence-corrected chi connectivity index (χ2v) is 4.67. The molecule has 1 heterocycles. The number of benzene rings is 1. The van der Waals surface area contributed by atoms with E-state index in [9.17, 15) is 28.1 Å². The number of alkyl halides is 3. The lowest BCUT2D eigenvalue weighted by atomic mass is 10.2. The lowest BCUT2D eigenvalue weighted by Gasteiger charge is -2.07. The molecule has 1 N–H and O–H groups in total. The number of carbonyl (C=O) groups excluding carboxylic acids is 1. The SMILES string of the molecule is COc1cc(NC(=O)c2cc(C(F)(F)F)nn2C)cc([N+](=O)[O-])c1. The maximum Gasteiger partial charge on any atom is 0.435 e. The molecule has 0 bridgehead atoms. The minimum Gasteiger partial charge on any atom is -0.496 e. The highest BCUT2D eigenvalue weighted by molar-refractivity contribution is 6.03. The summed E-state index contributed by atoms with van der Waals surface area (Å²) in [6.07, 6.45) is -4.69. The Labute approximate surface area is 133 Å². The molecular weight excluding hydrogens is 333 g/mol. The number of aryl methyl sites for hydroxylation is 1. The fraction of sp³-hybridized carbons (Fsp3) is 0.231. The quantitative estimate of drug-likeness (QED) is 0.679. The van der Waals surface area contributed by atoms with Crippen molar-refractivity contribution in [2.75, 3.05) is 12.4 Å². The molecule has 2 aromatic rings. The molecule has 0 aliphatic carbocycles. The summed E-state index contributed by atoms with van der Waals surface area (Å²) in [6.45, 7) is 0. The molecular formula is C13H11F3N4O4. The molecule has 8 nitrogen and oxygen atoms in total. The fourth-order valence-electron chi connectivity index (χ4n) is 1.89. The van der Waals surface area contributed by atoms with Crippen LogP contribution in [0.4, 0.5) is 24.5 Å². The number of non-ortho nitro benzene ring substituents is 1. The van der Waals surface area contributed by atoms with Gasteiger partial charge < -0.3 is 10.1 Å². The van der Waals surface area contributed by atoms with Gasteiger partial charge in [-0.25, -0.2) is 0 Å². The van der Waals surface area contributed by atoms with Crippen LogP contribution in [-0.2, 0) is 13.2 Å². The van der Waals surface area contributed by atoms with Crippen LogP contribution in [0, 0.1) is 10.1 Å². The zero-order valence-corrected chi connectivity index (χ0v) is 12.4. The number of nitro groups is 1. The lowest BCUT2D eigenvalue weighted by molar-refractivity contribution is -0.384. The van der Waals surface area contributed by atoms with E-state index in [1.54, 1.807) is 0 Å². The molecule has 128 valence electrons. The van der Waals surface area contributed by atoms with E-state index >= 15 is 0 Å². The van der Waals surface area contributed by atoms with Crippen LogP contribution in [0.25, 0.3) is 0 Å². The Morgan fingerprint density at radius 1 is 1.33 bits per heavy atom. The number of nitro benzene ring substituents is 1. The Morgan fingerprint density at radius 2 is 2.00 bits per heavy atom. The first-order valence-corrected chi connectivity index (χ1v) is 6.38. The molecule has 0 unspecified atom stereocenters. The smallest absolute Gasteiger partial charge is 0.435 e. The Morgan fingerprint density at radius 3 is 2.50 bits per heavy atom. The van der Waals surface area contributed by atoms with Crippen molar-refractivity contribution >= 4 is 17.3 Å². The molecule has 0 aliphatic rings. The van der Waals surface area contributed by atoms with Gasteiger partial charge in [0.15, 0.2) is 5.69 Å². The number of hydrogen-bond donors (Lipinski definition) is 1. The van der Waals surface area contributed by atoms with Gasteiger partial charge in [-0.15, -0.1) is 0 Å². The maximum atomic E-state index is 12.6. The van der Waals surface area contributed by atoms with Crippen molar-refractivity contribution in [2.45, 2.75) is 6.18 Å². The number of nitrogens with zero attached hydrogens (tertiary/aromatic N) is 3. The highest BCUT2D eigenvalue weighted by Crippen LogP contribution is 2.29. The number of hydrogen-bond acceptors (Lipinski definition) is 5. The fourth-order valence-corrected chi connectivity index (χ4v) is 1.89. The van der Waals surface area contributed by atoms with Gasteiger partial charge in [0.05, 0.1) is 23.8 Å².